The molecule has 0 fully saturated rings. The molecule has 0 saturated heterocycles. The molecule has 1 atom stereocenters. The van der Waals surface area contributed by atoms with Crippen LogP contribution in [0.3, 0.4) is 0 Å². The monoisotopic (exact) mass is 556 g/mol. The number of hydrogen-bond acceptors (Lipinski definition) is 5. The van der Waals surface area contributed by atoms with E-state index in [-0.39, 0.29) is 5.37 Å². The minimum absolute atomic E-state index is 0.133. The molecule has 1 aromatic heterocycles. The number of nitrogens with one attached hydrogen (secondary N) is 1. The molecule has 1 aliphatic rings. The van der Waals surface area contributed by atoms with Crippen molar-refractivity contribution in [3.8, 4) is 11.1 Å². The van der Waals surface area contributed by atoms with Crippen LogP contribution in [0.1, 0.15) is 38.6 Å². The molecule has 2 heterocycles. The zero-order valence-electron chi connectivity index (χ0n) is 23.6. The molecule has 1 aliphatic heterocycles. The lowest BCUT2D eigenvalue weighted by atomic mass is 9.82. The van der Waals surface area contributed by atoms with E-state index in [1.807, 2.05) is 43.8 Å². The summed E-state index contributed by atoms with van der Waals surface area (Å²) in [5, 5.41) is 19.0. The number of anilines is 1. The molecule has 0 aliphatic carbocycles. The Hall–Kier alpha value is -3.71. The lowest BCUT2D eigenvalue weighted by Crippen LogP contribution is -2.49. The van der Waals surface area contributed by atoms with Crippen molar-refractivity contribution >= 4 is 63.1 Å². The van der Waals surface area contributed by atoms with Gasteiger partial charge in [0.2, 0.25) is 0 Å². The molecule has 1 radical (unpaired) electrons. The molecule has 5 aromatic carbocycles. The van der Waals surface area contributed by atoms with Gasteiger partial charge in [-0.2, -0.15) is 0 Å². The van der Waals surface area contributed by atoms with Gasteiger partial charge in [0.25, 0.3) is 0 Å². The zero-order valence-corrected chi connectivity index (χ0v) is 24.4. The van der Waals surface area contributed by atoms with Crippen molar-refractivity contribution in [1.29, 1.82) is 0 Å². The average molecular weight is 557 g/mol. The third-order valence-corrected chi connectivity index (χ3v) is 9.69. The zero-order chi connectivity index (χ0) is 28.4. The molecule has 0 amide bonds. The first-order valence-electron chi connectivity index (χ1n) is 13.9. The van der Waals surface area contributed by atoms with Gasteiger partial charge in [0, 0.05) is 21.4 Å². The van der Waals surface area contributed by atoms with E-state index in [4.69, 9.17) is 9.07 Å². The number of aliphatic hydroxyl groups is 1. The number of benzene rings is 5. The Morgan fingerprint density at radius 3 is 2.51 bits per heavy atom. The second kappa shape index (κ2) is 9.69. The Morgan fingerprint density at radius 2 is 1.66 bits per heavy atom. The third-order valence-electron chi connectivity index (χ3n) is 8.38. The Bertz CT molecular complexity index is 1940. The van der Waals surface area contributed by atoms with Crippen LogP contribution in [-0.2, 0) is 4.65 Å². The van der Waals surface area contributed by atoms with E-state index in [1.54, 1.807) is 21.3 Å². The summed E-state index contributed by atoms with van der Waals surface area (Å²) in [6.07, 6.45) is 0. The maximum absolute atomic E-state index is 10.5. The third kappa shape index (κ3) is 4.60. The van der Waals surface area contributed by atoms with Crippen molar-refractivity contribution in [2.24, 2.45) is 0 Å². The van der Waals surface area contributed by atoms with Crippen molar-refractivity contribution < 1.29 is 14.2 Å². The summed E-state index contributed by atoms with van der Waals surface area (Å²) in [4.78, 5) is 1.31. The molecule has 0 spiro atoms. The van der Waals surface area contributed by atoms with Gasteiger partial charge < -0.3 is 19.5 Å². The van der Waals surface area contributed by atoms with Gasteiger partial charge in [-0.3, -0.25) is 0 Å². The van der Waals surface area contributed by atoms with Crippen molar-refractivity contribution in [3.05, 3.63) is 103 Å². The van der Waals surface area contributed by atoms with E-state index in [2.05, 4.69) is 84.2 Å². The molecule has 7 rings (SSSR count). The molecule has 6 heteroatoms. The molecule has 4 nitrogen and oxygen atoms in total. The first-order valence-corrected chi connectivity index (χ1v) is 14.8. The number of thioether (sulfide) groups is 1. The predicted octanol–water partition coefficient (Wildman–Crippen LogP) is 8.43. The summed E-state index contributed by atoms with van der Waals surface area (Å²) in [5.74, 6) is 0. The highest BCUT2D eigenvalue weighted by atomic mass is 32.2. The van der Waals surface area contributed by atoms with Crippen molar-refractivity contribution in [1.82, 2.24) is 0 Å². The minimum atomic E-state index is -0.991. The fraction of sp³-hybridized carbons (Fsp3) is 0.200. The summed E-state index contributed by atoms with van der Waals surface area (Å²) in [6.45, 7) is 7.29. The summed E-state index contributed by atoms with van der Waals surface area (Å²) in [5.41, 5.74) is 5.55. The van der Waals surface area contributed by atoms with Crippen molar-refractivity contribution in [2.75, 3.05) is 5.32 Å². The number of hydrogen-bond donors (Lipinski definition) is 2. The van der Waals surface area contributed by atoms with Gasteiger partial charge in [0.15, 0.2) is 0 Å². The van der Waals surface area contributed by atoms with Gasteiger partial charge in [0.05, 0.1) is 11.2 Å². The Balaban J connectivity index is 1.24. The summed E-state index contributed by atoms with van der Waals surface area (Å²) in [6, 6.07) is 34.1. The Labute approximate surface area is 245 Å². The number of furan rings is 1. The maximum atomic E-state index is 10.5. The molecule has 0 saturated carbocycles. The van der Waals surface area contributed by atoms with Crippen LogP contribution in [0.2, 0.25) is 0 Å². The molecule has 1 unspecified atom stereocenters. The SMILES string of the molecule is CC(C)(O)C(C)(C)O[B]c1ccc2oc3cccc(-c4cccc(C5Nc6ccc7ccccc7c6S5)c4)c3c2c1. The van der Waals surface area contributed by atoms with Crippen LogP contribution in [0.25, 0.3) is 43.8 Å². The second-order valence-electron chi connectivity index (χ2n) is 11.8. The highest BCUT2D eigenvalue weighted by Crippen LogP contribution is 2.50. The lowest BCUT2D eigenvalue weighted by Gasteiger charge is -2.37. The standard InChI is InChI=1S/C35H31BNO3S/c1-34(2,38)35(3,4)40-36-24-16-18-29-27(20-24)31-25(13-8-14-30(31)39-29)22-10-7-11-23(19-22)33-37-28-17-15-21-9-5-6-12-26(21)32(28)41-33/h5-20,33,37-38H,1-4H3. The summed E-state index contributed by atoms with van der Waals surface area (Å²) >= 11 is 1.88. The molecular weight excluding hydrogens is 525 g/mol. The van der Waals surface area contributed by atoms with Gasteiger partial charge in [-0.25, -0.2) is 0 Å². The van der Waals surface area contributed by atoms with Gasteiger partial charge in [-0.05, 0) is 79.4 Å². The Kier molecular flexibility index (Phi) is 6.20. The molecule has 203 valence electrons. The van der Waals surface area contributed by atoms with Crippen LogP contribution in [-0.4, -0.2) is 23.8 Å². The average Bonchev–Trinajstić information content (AvgIpc) is 3.57. The Morgan fingerprint density at radius 1 is 0.829 bits per heavy atom. The summed E-state index contributed by atoms with van der Waals surface area (Å²) < 4.78 is 12.3. The normalized spacial score (nSPS) is 15.4. The van der Waals surface area contributed by atoms with Crippen molar-refractivity contribution in [2.45, 2.75) is 49.2 Å². The van der Waals surface area contributed by atoms with Gasteiger partial charge in [0.1, 0.15) is 16.5 Å². The lowest BCUT2D eigenvalue weighted by molar-refractivity contribution is -0.0893. The largest absolute Gasteiger partial charge is 0.456 e. The van der Waals surface area contributed by atoms with Crippen LogP contribution in [0.4, 0.5) is 5.69 Å². The second-order valence-corrected chi connectivity index (χ2v) is 12.9. The smallest absolute Gasteiger partial charge is 0.330 e. The highest BCUT2D eigenvalue weighted by molar-refractivity contribution is 8.00. The van der Waals surface area contributed by atoms with Crippen LogP contribution in [0.5, 0.6) is 0 Å². The van der Waals surface area contributed by atoms with Crippen LogP contribution in [0.15, 0.2) is 106 Å². The van der Waals surface area contributed by atoms with E-state index in [1.165, 1.54) is 26.9 Å². The number of fused-ring (bicyclic) bond motifs is 6. The molecule has 2 N–H and O–H groups in total. The minimum Gasteiger partial charge on any atom is -0.456 e. The van der Waals surface area contributed by atoms with E-state index in [0.717, 1.165) is 38.5 Å². The fourth-order valence-electron chi connectivity index (χ4n) is 5.31. The van der Waals surface area contributed by atoms with E-state index in [0.29, 0.717) is 0 Å². The van der Waals surface area contributed by atoms with E-state index in [9.17, 15) is 5.11 Å². The first-order chi connectivity index (χ1) is 19.7. The van der Waals surface area contributed by atoms with Gasteiger partial charge in [-0.15, -0.1) is 0 Å². The highest BCUT2D eigenvalue weighted by Gasteiger charge is 2.35. The van der Waals surface area contributed by atoms with Crippen LogP contribution in [0, 0.1) is 0 Å². The fourth-order valence-corrected chi connectivity index (χ4v) is 6.58. The maximum Gasteiger partial charge on any atom is 0.330 e. The predicted molar refractivity (Wildman–Crippen MR) is 172 cm³/mol. The van der Waals surface area contributed by atoms with Crippen LogP contribution < -0.4 is 10.8 Å². The van der Waals surface area contributed by atoms with E-state index < -0.39 is 11.2 Å². The van der Waals surface area contributed by atoms with Crippen LogP contribution >= 0.6 is 11.8 Å². The number of rotatable bonds is 6. The quantitative estimate of drug-likeness (QED) is 0.202. The van der Waals surface area contributed by atoms with Crippen molar-refractivity contribution in [3.63, 3.8) is 0 Å². The summed E-state index contributed by atoms with van der Waals surface area (Å²) in [7, 11) is 1.73. The topological polar surface area (TPSA) is 54.6 Å². The van der Waals surface area contributed by atoms with E-state index >= 15 is 0 Å². The first kappa shape index (κ1) is 26.2. The molecular formula is C35H31BNO3S. The van der Waals surface area contributed by atoms with Gasteiger partial charge in [-0.1, -0.05) is 90.0 Å². The molecule has 0 bridgehead atoms. The molecule has 6 aromatic rings. The molecule has 41 heavy (non-hydrogen) atoms. The van der Waals surface area contributed by atoms with Gasteiger partial charge >= 0.3 is 7.48 Å².